The number of rotatable bonds is 4. The topological polar surface area (TPSA) is 32.8 Å². The van der Waals surface area contributed by atoms with Gasteiger partial charge >= 0.3 is 0 Å². The van der Waals surface area contributed by atoms with Crippen LogP contribution in [0, 0.1) is 11.6 Å². The van der Waals surface area contributed by atoms with E-state index in [1.54, 1.807) is 4.90 Å². The molecule has 2 aromatic rings. The Morgan fingerprint density at radius 2 is 1.68 bits per heavy atom. The first-order chi connectivity index (χ1) is 12.1. The van der Waals surface area contributed by atoms with Gasteiger partial charge in [0.05, 0.1) is 12.3 Å². The Morgan fingerprint density at radius 1 is 1.04 bits per heavy atom. The van der Waals surface area contributed by atoms with Gasteiger partial charge in [0, 0.05) is 37.8 Å². The van der Waals surface area contributed by atoms with Crippen molar-refractivity contribution in [3.63, 3.8) is 0 Å². The average Bonchev–Trinajstić information content (AvgIpc) is 2.61. The van der Waals surface area contributed by atoms with Crippen molar-refractivity contribution in [1.82, 2.24) is 4.90 Å². The van der Waals surface area contributed by atoms with E-state index < -0.39 is 11.6 Å². The Balaban J connectivity index is 1.68. The fourth-order valence-corrected chi connectivity index (χ4v) is 3.01. The van der Waals surface area contributed by atoms with E-state index in [2.05, 4.69) is 4.90 Å². The molecule has 0 saturated carbocycles. The predicted octanol–water partition coefficient (Wildman–Crippen LogP) is 3.33. The third-order valence-electron chi connectivity index (χ3n) is 4.18. The second kappa shape index (κ2) is 7.51. The lowest BCUT2D eigenvalue weighted by Gasteiger charge is -2.36. The predicted molar refractivity (Wildman–Crippen MR) is 92.1 cm³/mol. The zero-order chi connectivity index (χ0) is 17.8. The van der Waals surface area contributed by atoms with Gasteiger partial charge in [-0.2, -0.15) is 0 Å². The number of piperazine rings is 1. The van der Waals surface area contributed by atoms with Crippen molar-refractivity contribution in [1.29, 1.82) is 0 Å². The van der Waals surface area contributed by atoms with Crippen LogP contribution >= 0.6 is 0 Å². The highest BCUT2D eigenvalue weighted by atomic mass is 19.1. The van der Waals surface area contributed by atoms with Crippen molar-refractivity contribution in [2.45, 2.75) is 6.92 Å². The highest BCUT2D eigenvalue weighted by Gasteiger charge is 2.24. The van der Waals surface area contributed by atoms with Gasteiger partial charge < -0.3 is 14.5 Å². The van der Waals surface area contributed by atoms with Crippen molar-refractivity contribution >= 4 is 11.6 Å². The van der Waals surface area contributed by atoms with Crippen LogP contribution in [0.2, 0.25) is 0 Å². The summed E-state index contributed by atoms with van der Waals surface area (Å²) in [5.74, 6) is -1.02. The van der Waals surface area contributed by atoms with E-state index in [4.69, 9.17) is 4.74 Å². The number of ether oxygens (including phenoxy) is 1. The van der Waals surface area contributed by atoms with Gasteiger partial charge in [-0.1, -0.05) is 12.1 Å². The van der Waals surface area contributed by atoms with Crippen LogP contribution in [0.1, 0.15) is 17.3 Å². The van der Waals surface area contributed by atoms with Crippen LogP contribution < -0.4 is 9.64 Å². The minimum Gasteiger partial charge on any atom is -0.492 e. The Labute approximate surface area is 145 Å². The first-order valence-electron chi connectivity index (χ1n) is 8.30. The SMILES string of the molecule is CCOc1ccccc1N1CCN(C(=O)c2cc(F)cc(F)c2)CC1. The van der Waals surface area contributed by atoms with Crippen LogP contribution in [0.25, 0.3) is 0 Å². The summed E-state index contributed by atoms with van der Waals surface area (Å²) < 4.78 is 32.3. The van der Waals surface area contributed by atoms with Gasteiger partial charge in [-0.15, -0.1) is 0 Å². The van der Waals surface area contributed by atoms with Crippen LogP contribution in [0.5, 0.6) is 5.75 Å². The van der Waals surface area contributed by atoms with Crippen molar-refractivity contribution < 1.29 is 18.3 Å². The summed E-state index contributed by atoms with van der Waals surface area (Å²) in [6, 6.07) is 10.7. The van der Waals surface area contributed by atoms with Gasteiger partial charge in [0.25, 0.3) is 5.91 Å². The number of anilines is 1. The summed E-state index contributed by atoms with van der Waals surface area (Å²) in [5.41, 5.74) is 1.04. The number of nitrogens with zero attached hydrogens (tertiary/aromatic N) is 2. The lowest BCUT2D eigenvalue weighted by molar-refractivity contribution is 0.0745. The van der Waals surface area contributed by atoms with Gasteiger partial charge in [-0.05, 0) is 31.2 Å². The minimum atomic E-state index is -0.743. The van der Waals surface area contributed by atoms with Crippen molar-refractivity contribution in [3.05, 3.63) is 59.7 Å². The zero-order valence-electron chi connectivity index (χ0n) is 14.0. The van der Waals surface area contributed by atoms with E-state index in [1.807, 2.05) is 31.2 Å². The third kappa shape index (κ3) is 3.90. The molecule has 0 unspecified atom stereocenters. The molecule has 0 radical (unpaired) electrons. The lowest BCUT2D eigenvalue weighted by Crippen LogP contribution is -2.48. The van der Waals surface area contributed by atoms with Crippen LogP contribution in [0.15, 0.2) is 42.5 Å². The maximum Gasteiger partial charge on any atom is 0.254 e. The number of benzene rings is 2. The molecule has 1 heterocycles. The highest BCUT2D eigenvalue weighted by molar-refractivity contribution is 5.94. The Hall–Kier alpha value is -2.63. The third-order valence-corrected chi connectivity index (χ3v) is 4.18. The Bertz CT molecular complexity index is 739. The molecule has 132 valence electrons. The molecular formula is C19H20F2N2O2. The molecule has 3 rings (SSSR count). The van der Waals surface area contributed by atoms with E-state index in [-0.39, 0.29) is 11.5 Å². The van der Waals surface area contributed by atoms with Crippen molar-refractivity contribution in [2.24, 2.45) is 0 Å². The standard InChI is InChI=1S/C19H20F2N2O2/c1-2-25-18-6-4-3-5-17(18)22-7-9-23(10-8-22)19(24)14-11-15(20)13-16(21)12-14/h3-6,11-13H,2,7-10H2,1H3. The molecule has 25 heavy (non-hydrogen) atoms. The Kier molecular flexibility index (Phi) is 5.16. The molecule has 0 aromatic heterocycles. The fourth-order valence-electron chi connectivity index (χ4n) is 3.01. The lowest BCUT2D eigenvalue weighted by atomic mass is 10.1. The monoisotopic (exact) mass is 346 g/mol. The normalized spacial score (nSPS) is 14.5. The number of hydrogen-bond acceptors (Lipinski definition) is 3. The van der Waals surface area contributed by atoms with Crippen LogP contribution in [0.3, 0.4) is 0 Å². The summed E-state index contributed by atoms with van der Waals surface area (Å²) in [6.07, 6.45) is 0. The molecule has 0 aliphatic carbocycles. The number of carbonyl (C=O) groups is 1. The van der Waals surface area contributed by atoms with Crippen LogP contribution in [0.4, 0.5) is 14.5 Å². The molecule has 4 nitrogen and oxygen atoms in total. The zero-order valence-corrected chi connectivity index (χ0v) is 14.0. The van der Waals surface area contributed by atoms with E-state index >= 15 is 0 Å². The fraction of sp³-hybridized carbons (Fsp3) is 0.316. The molecule has 0 N–H and O–H groups in total. The first kappa shape index (κ1) is 17.2. The second-order valence-corrected chi connectivity index (χ2v) is 5.84. The van der Waals surface area contributed by atoms with Crippen LogP contribution in [-0.4, -0.2) is 43.6 Å². The number of para-hydroxylation sites is 2. The van der Waals surface area contributed by atoms with Gasteiger partial charge in [-0.3, -0.25) is 4.79 Å². The van der Waals surface area contributed by atoms with E-state index in [1.165, 1.54) is 0 Å². The molecular weight excluding hydrogens is 326 g/mol. The number of halogens is 2. The molecule has 0 atom stereocenters. The van der Waals surface area contributed by atoms with Gasteiger partial charge in [0.1, 0.15) is 17.4 Å². The molecule has 0 spiro atoms. The van der Waals surface area contributed by atoms with E-state index in [0.29, 0.717) is 32.8 Å². The summed E-state index contributed by atoms with van der Waals surface area (Å²) in [6.45, 7) is 4.75. The molecule has 1 saturated heterocycles. The highest BCUT2D eigenvalue weighted by Crippen LogP contribution is 2.29. The van der Waals surface area contributed by atoms with Gasteiger partial charge in [0.15, 0.2) is 0 Å². The minimum absolute atomic E-state index is 0.0423. The number of hydrogen-bond donors (Lipinski definition) is 0. The smallest absolute Gasteiger partial charge is 0.254 e. The summed E-state index contributed by atoms with van der Waals surface area (Å²) >= 11 is 0. The Morgan fingerprint density at radius 3 is 2.32 bits per heavy atom. The van der Waals surface area contributed by atoms with Crippen molar-refractivity contribution in [2.75, 3.05) is 37.7 Å². The van der Waals surface area contributed by atoms with E-state index in [0.717, 1.165) is 29.6 Å². The summed E-state index contributed by atoms with van der Waals surface area (Å²) in [4.78, 5) is 16.2. The number of amides is 1. The second-order valence-electron chi connectivity index (χ2n) is 5.84. The van der Waals surface area contributed by atoms with Gasteiger partial charge in [-0.25, -0.2) is 8.78 Å². The van der Waals surface area contributed by atoms with Crippen LogP contribution in [-0.2, 0) is 0 Å². The van der Waals surface area contributed by atoms with Gasteiger partial charge in [0.2, 0.25) is 0 Å². The molecule has 0 bridgehead atoms. The first-order valence-corrected chi connectivity index (χ1v) is 8.30. The summed E-state index contributed by atoms with van der Waals surface area (Å²) in [5, 5.41) is 0. The average molecular weight is 346 g/mol. The quantitative estimate of drug-likeness (QED) is 0.851. The van der Waals surface area contributed by atoms with E-state index in [9.17, 15) is 13.6 Å². The molecule has 1 fully saturated rings. The maximum atomic E-state index is 13.3. The molecule has 1 aliphatic heterocycles. The molecule has 2 aromatic carbocycles. The molecule has 1 amide bonds. The number of carbonyl (C=O) groups excluding carboxylic acids is 1. The molecule has 1 aliphatic rings. The largest absolute Gasteiger partial charge is 0.492 e. The molecule has 6 heteroatoms. The summed E-state index contributed by atoms with van der Waals surface area (Å²) in [7, 11) is 0. The van der Waals surface area contributed by atoms with Crippen molar-refractivity contribution in [3.8, 4) is 5.75 Å². The maximum absolute atomic E-state index is 13.3.